The highest BCUT2D eigenvalue weighted by Gasteiger charge is 2.41. The highest BCUT2D eigenvalue weighted by Crippen LogP contribution is 2.44. The van der Waals surface area contributed by atoms with Crippen LogP contribution < -0.4 is 4.90 Å². The van der Waals surface area contributed by atoms with E-state index in [1.807, 2.05) is 0 Å². The predicted molar refractivity (Wildman–Crippen MR) is 91.6 cm³/mol. The van der Waals surface area contributed by atoms with Crippen LogP contribution in [0.5, 0.6) is 0 Å². The zero-order valence-corrected chi connectivity index (χ0v) is 14.0. The third-order valence-corrected chi connectivity index (χ3v) is 6.18. The summed E-state index contributed by atoms with van der Waals surface area (Å²) in [7, 11) is 0. The summed E-state index contributed by atoms with van der Waals surface area (Å²) in [6, 6.07) is 4.22. The first-order valence-electron chi connectivity index (χ1n) is 9.33. The van der Waals surface area contributed by atoms with Crippen LogP contribution in [-0.4, -0.2) is 47.2 Å². The minimum absolute atomic E-state index is 0.240. The number of piperazine rings is 1. The van der Waals surface area contributed by atoms with Crippen LogP contribution in [0.4, 0.5) is 5.82 Å². The molecule has 0 radical (unpaired) electrons. The molecule has 24 heavy (non-hydrogen) atoms. The molecule has 1 aromatic rings. The number of anilines is 1. The van der Waals surface area contributed by atoms with E-state index in [1.165, 1.54) is 19.3 Å². The van der Waals surface area contributed by atoms with Crippen LogP contribution in [0, 0.1) is 17.8 Å². The lowest BCUT2D eigenvalue weighted by Gasteiger charge is -2.37. The Morgan fingerprint density at radius 3 is 2.42 bits per heavy atom. The minimum atomic E-state index is 0.240. The molecule has 1 saturated heterocycles. The summed E-state index contributed by atoms with van der Waals surface area (Å²) < 4.78 is 0. The minimum Gasteiger partial charge on any atom is -0.352 e. The van der Waals surface area contributed by atoms with Gasteiger partial charge in [0, 0.05) is 38.0 Å². The molecule has 3 unspecified atom stereocenters. The number of carbonyl (C=O) groups excluding carboxylic acids is 1. The van der Waals surface area contributed by atoms with Crippen LogP contribution in [0.15, 0.2) is 24.3 Å². The summed E-state index contributed by atoms with van der Waals surface area (Å²) >= 11 is 0. The molecule has 2 bridgehead atoms. The SMILES string of the molecule is O=C(C1CC2C=CC1C2)N1CCN(c2ccc(C3CC3)nn2)CC1. The monoisotopic (exact) mass is 324 g/mol. The van der Waals surface area contributed by atoms with E-state index in [0.29, 0.717) is 23.7 Å². The molecule has 0 N–H and O–H groups in total. The standard InChI is InChI=1S/C19H24N4O/c24-19(16-12-13-1-2-15(16)11-13)23-9-7-22(8-10-23)18-6-5-17(20-21-18)14-3-4-14/h1-2,5-6,13-16H,3-4,7-12H2. The van der Waals surface area contributed by atoms with Crippen molar-refractivity contribution in [2.24, 2.45) is 17.8 Å². The van der Waals surface area contributed by atoms with E-state index < -0.39 is 0 Å². The lowest BCUT2D eigenvalue weighted by Crippen LogP contribution is -2.51. The number of carbonyl (C=O) groups is 1. The third kappa shape index (κ3) is 2.50. The second kappa shape index (κ2) is 5.57. The van der Waals surface area contributed by atoms with Gasteiger partial charge in [0.25, 0.3) is 0 Å². The molecule has 1 aromatic heterocycles. The molecular formula is C19H24N4O. The Morgan fingerprint density at radius 1 is 1.00 bits per heavy atom. The predicted octanol–water partition coefficient (Wildman–Crippen LogP) is 2.21. The number of allylic oxidation sites excluding steroid dienone is 2. The number of hydrogen-bond donors (Lipinski definition) is 0. The maximum atomic E-state index is 12.8. The zero-order valence-electron chi connectivity index (χ0n) is 14.0. The van der Waals surface area contributed by atoms with Gasteiger partial charge in [0.1, 0.15) is 0 Å². The summed E-state index contributed by atoms with van der Waals surface area (Å²) in [4.78, 5) is 17.1. The quantitative estimate of drug-likeness (QED) is 0.800. The van der Waals surface area contributed by atoms with E-state index in [9.17, 15) is 4.79 Å². The lowest BCUT2D eigenvalue weighted by molar-refractivity contribution is -0.136. The second-order valence-electron chi connectivity index (χ2n) is 7.79. The normalized spacial score (nSPS) is 31.8. The van der Waals surface area contributed by atoms with Gasteiger partial charge in [-0.3, -0.25) is 4.79 Å². The van der Waals surface area contributed by atoms with E-state index in [0.717, 1.165) is 44.1 Å². The molecule has 1 aliphatic heterocycles. The lowest BCUT2D eigenvalue weighted by atomic mass is 9.92. The first-order valence-corrected chi connectivity index (χ1v) is 9.33. The van der Waals surface area contributed by atoms with Gasteiger partial charge in [-0.1, -0.05) is 12.2 Å². The van der Waals surface area contributed by atoms with E-state index in [-0.39, 0.29) is 5.92 Å². The molecule has 3 atom stereocenters. The van der Waals surface area contributed by atoms with E-state index in [4.69, 9.17) is 0 Å². The average Bonchev–Trinajstić information content (AvgIpc) is 3.28. The van der Waals surface area contributed by atoms with E-state index in [2.05, 4.69) is 44.3 Å². The van der Waals surface area contributed by atoms with Crippen molar-refractivity contribution in [2.75, 3.05) is 31.1 Å². The summed E-state index contributed by atoms with van der Waals surface area (Å²) in [6.07, 6.45) is 9.34. The number of nitrogens with zero attached hydrogens (tertiary/aromatic N) is 4. The van der Waals surface area contributed by atoms with Crippen molar-refractivity contribution < 1.29 is 4.79 Å². The highest BCUT2D eigenvalue weighted by molar-refractivity contribution is 5.80. The number of aromatic nitrogens is 2. The fourth-order valence-corrected chi connectivity index (χ4v) is 4.56. The Balaban J connectivity index is 1.19. The Hall–Kier alpha value is -1.91. The summed E-state index contributed by atoms with van der Waals surface area (Å²) in [5.41, 5.74) is 1.14. The number of fused-ring (bicyclic) bond motifs is 2. The first-order chi connectivity index (χ1) is 11.8. The van der Waals surface area contributed by atoms with Crippen LogP contribution in [0.25, 0.3) is 0 Å². The average molecular weight is 324 g/mol. The maximum Gasteiger partial charge on any atom is 0.226 e. The van der Waals surface area contributed by atoms with Gasteiger partial charge >= 0.3 is 0 Å². The molecule has 2 saturated carbocycles. The fourth-order valence-electron chi connectivity index (χ4n) is 4.56. The second-order valence-corrected chi connectivity index (χ2v) is 7.79. The largest absolute Gasteiger partial charge is 0.352 e. The molecule has 5 rings (SSSR count). The van der Waals surface area contributed by atoms with Gasteiger partial charge in [0.2, 0.25) is 5.91 Å². The van der Waals surface area contributed by atoms with Gasteiger partial charge < -0.3 is 9.80 Å². The van der Waals surface area contributed by atoms with Crippen molar-refractivity contribution in [3.8, 4) is 0 Å². The van der Waals surface area contributed by atoms with Crippen LogP contribution in [0.3, 0.4) is 0 Å². The van der Waals surface area contributed by atoms with Crippen molar-refractivity contribution in [3.63, 3.8) is 0 Å². The van der Waals surface area contributed by atoms with Crippen molar-refractivity contribution in [3.05, 3.63) is 30.0 Å². The van der Waals surface area contributed by atoms with Gasteiger partial charge in [-0.15, -0.1) is 5.10 Å². The molecular weight excluding hydrogens is 300 g/mol. The van der Waals surface area contributed by atoms with Crippen molar-refractivity contribution in [1.82, 2.24) is 15.1 Å². The summed E-state index contributed by atoms with van der Waals surface area (Å²) in [6.45, 7) is 3.34. The van der Waals surface area contributed by atoms with Gasteiger partial charge in [0.05, 0.1) is 5.69 Å². The molecule has 5 nitrogen and oxygen atoms in total. The third-order valence-electron chi connectivity index (χ3n) is 6.18. The Kier molecular flexibility index (Phi) is 3.35. The zero-order chi connectivity index (χ0) is 16.1. The van der Waals surface area contributed by atoms with E-state index >= 15 is 0 Å². The van der Waals surface area contributed by atoms with Gasteiger partial charge in [0.15, 0.2) is 5.82 Å². The topological polar surface area (TPSA) is 49.3 Å². The van der Waals surface area contributed by atoms with E-state index in [1.54, 1.807) is 0 Å². The van der Waals surface area contributed by atoms with Crippen molar-refractivity contribution in [1.29, 1.82) is 0 Å². The van der Waals surface area contributed by atoms with Crippen LogP contribution >= 0.6 is 0 Å². The summed E-state index contributed by atoms with van der Waals surface area (Å²) in [5, 5.41) is 8.78. The smallest absolute Gasteiger partial charge is 0.226 e. The molecule has 5 heteroatoms. The molecule has 1 amide bonds. The van der Waals surface area contributed by atoms with Crippen LogP contribution in [-0.2, 0) is 4.79 Å². The molecule has 0 aromatic carbocycles. The number of amides is 1. The van der Waals surface area contributed by atoms with Crippen LogP contribution in [0.1, 0.15) is 37.3 Å². The number of hydrogen-bond acceptors (Lipinski definition) is 4. The highest BCUT2D eigenvalue weighted by atomic mass is 16.2. The molecule has 0 spiro atoms. The Bertz CT molecular complexity index is 658. The first kappa shape index (κ1) is 14.4. The van der Waals surface area contributed by atoms with Crippen molar-refractivity contribution in [2.45, 2.75) is 31.6 Å². The molecule has 2 heterocycles. The molecule has 126 valence electrons. The van der Waals surface area contributed by atoms with Gasteiger partial charge in [-0.2, -0.15) is 5.10 Å². The Labute approximate surface area is 142 Å². The van der Waals surface area contributed by atoms with Gasteiger partial charge in [-0.05, 0) is 49.7 Å². The number of rotatable bonds is 3. The summed E-state index contributed by atoms with van der Waals surface area (Å²) in [5.74, 6) is 3.38. The molecule has 3 fully saturated rings. The maximum absolute atomic E-state index is 12.8. The molecule has 4 aliphatic rings. The van der Waals surface area contributed by atoms with Crippen LogP contribution in [0.2, 0.25) is 0 Å². The fraction of sp³-hybridized carbons (Fsp3) is 0.632. The molecule has 3 aliphatic carbocycles. The van der Waals surface area contributed by atoms with Crippen molar-refractivity contribution >= 4 is 11.7 Å². The Morgan fingerprint density at radius 2 is 1.83 bits per heavy atom. The van der Waals surface area contributed by atoms with Gasteiger partial charge in [-0.25, -0.2) is 0 Å².